The molecule has 0 fully saturated rings. The molecule has 0 saturated heterocycles. The Labute approximate surface area is 78.9 Å². The zero-order valence-electron chi connectivity index (χ0n) is 7.04. The highest BCUT2D eigenvalue weighted by molar-refractivity contribution is 5.89. The van der Waals surface area contributed by atoms with Crippen LogP contribution in [0, 0.1) is 10.1 Å². The number of carbonyl (C=O) groups excluding carboxylic acids is 1. The number of ether oxygens (including phenoxy) is 1. The summed E-state index contributed by atoms with van der Waals surface area (Å²) in [6, 6.07) is 4.90. The number of aliphatic hydroxyl groups excluding tert-OH is 1. The number of nitro groups is 1. The van der Waals surface area contributed by atoms with E-state index in [0.29, 0.717) is 0 Å². The fourth-order valence-corrected chi connectivity index (χ4v) is 0.861. The van der Waals surface area contributed by atoms with Gasteiger partial charge in [0.2, 0.25) is 0 Å². The van der Waals surface area contributed by atoms with E-state index in [-0.39, 0.29) is 11.3 Å². The summed E-state index contributed by atoms with van der Waals surface area (Å²) in [5.41, 5.74) is 0.0511. The summed E-state index contributed by atoms with van der Waals surface area (Å²) < 4.78 is 4.28. The second-order valence-corrected chi connectivity index (χ2v) is 2.36. The van der Waals surface area contributed by atoms with Gasteiger partial charge in [-0.1, -0.05) is 0 Å². The lowest BCUT2D eigenvalue weighted by molar-refractivity contribution is -0.384. The molecular formula is C8H7NO5. The standard InChI is InChI=1S/C8H7NO5/c10-5-14-8(11)6-1-3-7(4-2-6)9(12)13/h1-4,10H,5H2. The number of nitrogens with zero attached hydrogens (tertiary/aromatic N) is 1. The van der Waals surface area contributed by atoms with Crippen molar-refractivity contribution >= 4 is 11.7 Å². The summed E-state index contributed by atoms with van der Waals surface area (Å²) in [6.07, 6.45) is 0. The minimum atomic E-state index is -0.720. The van der Waals surface area contributed by atoms with Crippen LogP contribution in [0.25, 0.3) is 0 Å². The number of carbonyl (C=O) groups is 1. The van der Waals surface area contributed by atoms with Crippen LogP contribution in [0.3, 0.4) is 0 Å². The number of nitro benzene ring substituents is 1. The molecule has 6 heteroatoms. The van der Waals surface area contributed by atoms with Gasteiger partial charge in [0, 0.05) is 12.1 Å². The zero-order valence-corrected chi connectivity index (χ0v) is 7.04. The van der Waals surface area contributed by atoms with Crippen molar-refractivity contribution in [3.63, 3.8) is 0 Å². The first-order valence-electron chi connectivity index (χ1n) is 3.67. The summed E-state index contributed by atoms with van der Waals surface area (Å²) in [7, 11) is 0. The van der Waals surface area contributed by atoms with E-state index in [4.69, 9.17) is 5.11 Å². The molecule has 0 aliphatic carbocycles. The van der Waals surface area contributed by atoms with Crippen molar-refractivity contribution in [1.82, 2.24) is 0 Å². The Morgan fingerprint density at radius 1 is 1.43 bits per heavy atom. The topological polar surface area (TPSA) is 89.7 Å². The van der Waals surface area contributed by atoms with E-state index in [9.17, 15) is 14.9 Å². The Hall–Kier alpha value is -1.95. The van der Waals surface area contributed by atoms with Gasteiger partial charge in [0.25, 0.3) is 5.69 Å². The molecule has 0 amide bonds. The highest BCUT2D eigenvalue weighted by atomic mass is 16.6. The van der Waals surface area contributed by atoms with Crippen molar-refractivity contribution in [3.8, 4) is 0 Å². The first kappa shape index (κ1) is 10.1. The number of non-ortho nitro benzene ring substituents is 1. The predicted molar refractivity (Wildman–Crippen MR) is 45.6 cm³/mol. The molecule has 0 heterocycles. The molecule has 0 unspecified atom stereocenters. The van der Waals surface area contributed by atoms with Crippen molar-refractivity contribution < 1.29 is 19.6 Å². The van der Waals surface area contributed by atoms with E-state index in [1.165, 1.54) is 24.3 Å². The average Bonchev–Trinajstić information content (AvgIpc) is 2.18. The molecule has 6 nitrogen and oxygen atoms in total. The second-order valence-electron chi connectivity index (χ2n) is 2.36. The number of benzene rings is 1. The quantitative estimate of drug-likeness (QED) is 0.333. The van der Waals surface area contributed by atoms with Gasteiger partial charge in [0.15, 0.2) is 6.79 Å². The molecule has 1 rings (SSSR count). The Balaban J connectivity index is 2.83. The van der Waals surface area contributed by atoms with E-state index < -0.39 is 17.7 Å². The molecule has 0 spiro atoms. The Bertz CT molecular complexity index is 345. The molecule has 0 aliphatic heterocycles. The summed E-state index contributed by atoms with van der Waals surface area (Å²) >= 11 is 0. The third-order valence-electron chi connectivity index (χ3n) is 1.51. The van der Waals surface area contributed by atoms with Crippen molar-refractivity contribution in [2.45, 2.75) is 0 Å². The first-order chi connectivity index (χ1) is 6.65. The minimum absolute atomic E-state index is 0.106. The molecule has 0 bridgehead atoms. The van der Waals surface area contributed by atoms with Crippen LogP contribution in [0.15, 0.2) is 24.3 Å². The fourth-order valence-electron chi connectivity index (χ4n) is 0.861. The summed E-state index contributed by atoms with van der Waals surface area (Å²) in [5.74, 6) is -0.720. The van der Waals surface area contributed by atoms with Gasteiger partial charge >= 0.3 is 5.97 Å². The van der Waals surface area contributed by atoms with Crippen LogP contribution in [0.2, 0.25) is 0 Å². The average molecular weight is 197 g/mol. The minimum Gasteiger partial charge on any atom is -0.435 e. The summed E-state index contributed by atoms with van der Waals surface area (Å²) in [5, 5.41) is 18.5. The maximum atomic E-state index is 11.0. The smallest absolute Gasteiger partial charge is 0.340 e. The van der Waals surface area contributed by atoms with Crippen molar-refractivity contribution in [1.29, 1.82) is 0 Å². The van der Waals surface area contributed by atoms with E-state index in [0.717, 1.165) is 0 Å². The maximum Gasteiger partial charge on any atom is 0.340 e. The van der Waals surface area contributed by atoms with Crippen molar-refractivity contribution in [2.75, 3.05) is 6.79 Å². The highest BCUT2D eigenvalue weighted by Gasteiger charge is 2.09. The molecule has 0 aliphatic rings. The van der Waals surface area contributed by atoms with Crippen LogP contribution >= 0.6 is 0 Å². The third kappa shape index (κ3) is 2.27. The Kier molecular flexibility index (Phi) is 3.14. The number of esters is 1. The van der Waals surface area contributed by atoms with Crippen LogP contribution < -0.4 is 0 Å². The lowest BCUT2D eigenvalue weighted by atomic mass is 10.2. The van der Waals surface area contributed by atoms with Gasteiger partial charge in [-0.25, -0.2) is 4.79 Å². The third-order valence-corrected chi connectivity index (χ3v) is 1.51. The van der Waals surface area contributed by atoms with Crippen LogP contribution in [-0.4, -0.2) is 22.8 Å². The molecule has 14 heavy (non-hydrogen) atoms. The number of hydrogen-bond acceptors (Lipinski definition) is 5. The van der Waals surface area contributed by atoms with Gasteiger partial charge in [0.1, 0.15) is 0 Å². The second kappa shape index (κ2) is 4.33. The molecule has 1 aromatic carbocycles. The lowest BCUT2D eigenvalue weighted by Gasteiger charge is -1.99. The van der Waals surface area contributed by atoms with Crippen LogP contribution in [0.5, 0.6) is 0 Å². The van der Waals surface area contributed by atoms with E-state index in [1.807, 2.05) is 0 Å². The molecule has 1 aromatic rings. The molecule has 74 valence electrons. The highest BCUT2D eigenvalue weighted by Crippen LogP contribution is 2.12. The van der Waals surface area contributed by atoms with Crippen LogP contribution in [0.4, 0.5) is 5.69 Å². The molecule has 1 N–H and O–H groups in total. The molecule has 0 atom stereocenters. The Morgan fingerprint density at radius 3 is 2.43 bits per heavy atom. The van der Waals surface area contributed by atoms with Gasteiger partial charge in [-0.3, -0.25) is 10.1 Å². The van der Waals surface area contributed by atoms with Gasteiger partial charge in [-0.05, 0) is 12.1 Å². The van der Waals surface area contributed by atoms with Gasteiger partial charge in [-0.15, -0.1) is 0 Å². The van der Waals surface area contributed by atoms with E-state index in [2.05, 4.69) is 4.74 Å². The molecular weight excluding hydrogens is 190 g/mol. The first-order valence-corrected chi connectivity index (χ1v) is 3.67. The Morgan fingerprint density at radius 2 is 2.00 bits per heavy atom. The van der Waals surface area contributed by atoms with E-state index in [1.54, 1.807) is 0 Å². The van der Waals surface area contributed by atoms with Crippen LogP contribution in [-0.2, 0) is 4.74 Å². The SMILES string of the molecule is O=C(OCO)c1ccc([N+](=O)[O-])cc1. The monoisotopic (exact) mass is 197 g/mol. The predicted octanol–water partition coefficient (Wildman–Crippen LogP) is 0.701. The summed E-state index contributed by atoms with van der Waals surface area (Å²) in [6.45, 7) is -0.712. The summed E-state index contributed by atoms with van der Waals surface area (Å²) in [4.78, 5) is 20.7. The maximum absolute atomic E-state index is 11.0. The number of rotatable bonds is 3. The molecule has 0 saturated carbocycles. The largest absolute Gasteiger partial charge is 0.435 e. The molecule has 0 aromatic heterocycles. The zero-order chi connectivity index (χ0) is 10.6. The van der Waals surface area contributed by atoms with Gasteiger partial charge in [-0.2, -0.15) is 0 Å². The molecule has 0 radical (unpaired) electrons. The van der Waals surface area contributed by atoms with Crippen LogP contribution in [0.1, 0.15) is 10.4 Å². The van der Waals surface area contributed by atoms with Gasteiger partial charge in [0.05, 0.1) is 10.5 Å². The van der Waals surface area contributed by atoms with E-state index >= 15 is 0 Å². The number of hydrogen-bond donors (Lipinski definition) is 1. The lowest BCUT2D eigenvalue weighted by Crippen LogP contribution is -2.05. The van der Waals surface area contributed by atoms with Gasteiger partial charge < -0.3 is 9.84 Å². The van der Waals surface area contributed by atoms with Crippen molar-refractivity contribution in [3.05, 3.63) is 39.9 Å². The fraction of sp³-hybridized carbons (Fsp3) is 0.125. The number of aliphatic hydroxyl groups is 1. The van der Waals surface area contributed by atoms with Crippen molar-refractivity contribution in [2.24, 2.45) is 0 Å². The normalized spacial score (nSPS) is 9.50.